The molecule has 0 fully saturated rings. The van der Waals surface area contributed by atoms with E-state index in [0.717, 1.165) is 29.5 Å². The maximum Gasteiger partial charge on any atom is 0.257 e. The molecule has 0 spiro atoms. The number of hydrogen-bond donors (Lipinski definition) is 3. The summed E-state index contributed by atoms with van der Waals surface area (Å²) in [5, 5.41) is 11.3. The lowest BCUT2D eigenvalue weighted by molar-refractivity contribution is -0.131. The molecule has 8 nitrogen and oxygen atoms in total. The van der Waals surface area contributed by atoms with Gasteiger partial charge in [-0.2, -0.15) is 5.10 Å². The number of amides is 2. The van der Waals surface area contributed by atoms with Gasteiger partial charge >= 0.3 is 0 Å². The van der Waals surface area contributed by atoms with Crippen molar-refractivity contribution in [3.8, 4) is 0 Å². The third-order valence-corrected chi connectivity index (χ3v) is 9.15. The molecule has 0 saturated carbocycles. The molecule has 1 aromatic heterocycles. The third-order valence-electron chi connectivity index (χ3n) is 9.15. The number of hydrogen-bond acceptors (Lipinski definition) is 5. The predicted octanol–water partition coefficient (Wildman–Crippen LogP) is 6.08. The van der Waals surface area contributed by atoms with Gasteiger partial charge in [0.15, 0.2) is 5.78 Å². The first-order chi connectivity index (χ1) is 21.6. The zero-order chi connectivity index (χ0) is 32.2. The van der Waals surface area contributed by atoms with E-state index in [0.29, 0.717) is 23.4 Å². The number of nitrogens with zero attached hydrogens (tertiary/aromatic N) is 2. The van der Waals surface area contributed by atoms with Crippen LogP contribution in [-0.4, -0.2) is 27.4 Å². The summed E-state index contributed by atoms with van der Waals surface area (Å²) in [6, 6.07) is 27.4. The lowest BCUT2D eigenvalue weighted by atomic mass is 9.78. The second-order valence-corrected chi connectivity index (χ2v) is 12.6. The molecular formula is C37H43N5O3. The molecule has 3 aromatic carbocycles. The van der Waals surface area contributed by atoms with Crippen LogP contribution in [0, 0.1) is 5.92 Å². The molecule has 234 valence electrons. The molecule has 3 atom stereocenters. The molecule has 4 aromatic rings. The summed E-state index contributed by atoms with van der Waals surface area (Å²) < 4.78 is 1.86. The Balaban J connectivity index is 1.50. The van der Waals surface area contributed by atoms with E-state index in [1.54, 1.807) is 6.20 Å². The number of benzene rings is 3. The Labute approximate surface area is 265 Å². The van der Waals surface area contributed by atoms with Crippen molar-refractivity contribution in [2.75, 3.05) is 5.32 Å². The van der Waals surface area contributed by atoms with E-state index < -0.39 is 23.3 Å². The second kappa shape index (κ2) is 13.1. The van der Waals surface area contributed by atoms with Crippen molar-refractivity contribution in [3.63, 3.8) is 0 Å². The summed E-state index contributed by atoms with van der Waals surface area (Å²) in [6.45, 7) is 8.15. The molecule has 1 aliphatic heterocycles. The van der Waals surface area contributed by atoms with Crippen molar-refractivity contribution in [3.05, 3.63) is 119 Å². The maximum atomic E-state index is 14.4. The van der Waals surface area contributed by atoms with Gasteiger partial charge in [0.25, 0.3) is 5.91 Å². The average molecular weight is 606 g/mol. The number of rotatable bonds is 12. The van der Waals surface area contributed by atoms with E-state index >= 15 is 0 Å². The minimum absolute atomic E-state index is 0.0228. The largest absolute Gasteiger partial charge is 0.369 e. The molecular weight excluding hydrogens is 562 g/mol. The smallest absolute Gasteiger partial charge is 0.257 e. The van der Waals surface area contributed by atoms with Crippen LogP contribution in [-0.2, 0) is 33.5 Å². The first kappa shape index (κ1) is 31.7. The molecule has 0 radical (unpaired) electrons. The number of aryl methyl sites for hydroxylation is 1. The highest BCUT2D eigenvalue weighted by molar-refractivity contribution is 6.03. The Morgan fingerprint density at radius 2 is 1.62 bits per heavy atom. The third kappa shape index (κ3) is 6.55. The lowest BCUT2D eigenvalue weighted by Gasteiger charge is -2.38. The standard InChI is InChI=1S/C37H43N5O3/c1-5-25-17-19-29(20-18-25)37(6-2,32(43)22-28(33(38)44)21-26-13-9-7-10-14-26)41-35(45)30-24-39-42-34(30)40-31(23-36(42,3)4)27-15-11-8-12-16-27/h7-20,24,28,31,40H,5-6,21-23H2,1-4H3,(H2,38,44)(H,41,45)/t28-,31-,37?/m1/s1. The summed E-state index contributed by atoms with van der Waals surface area (Å²) in [5.74, 6) is -1.35. The van der Waals surface area contributed by atoms with Crippen LogP contribution in [0.15, 0.2) is 91.1 Å². The van der Waals surface area contributed by atoms with Crippen LogP contribution >= 0.6 is 0 Å². The van der Waals surface area contributed by atoms with E-state index in [1.807, 2.05) is 84.4 Å². The topological polar surface area (TPSA) is 119 Å². The zero-order valence-electron chi connectivity index (χ0n) is 26.5. The molecule has 0 aliphatic carbocycles. The van der Waals surface area contributed by atoms with Crippen molar-refractivity contribution in [1.82, 2.24) is 15.1 Å². The SMILES string of the molecule is CCc1ccc(C(CC)(NC(=O)c2cnn3c2N[C@@H](c2ccccc2)CC3(C)C)C(=O)C[C@@H](Cc2ccccc2)C(N)=O)cc1. The number of anilines is 1. The summed E-state index contributed by atoms with van der Waals surface area (Å²) in [5.41, 5.74) is 8.27. The fraction of sp³-hybridized carbons (Fsp3) is 0.351. The van der Waals surface area contributed by atoms with Crippen molar-refractivity contribution in [2.24, 2.45) is 11.7 Å². The molecule has 0 bridgehead atoms. The molecule has 2 amide bonds. The highest BCUT2D eigenvalue weighted by Gasteiger charge is 2.43. The summed E-state index contributed by atoms with van der Waals surface area (Å²) in [6.07, 6.45) is 3.70. The number of aromatic nitrogens is 2. The zero-order valence-corrected chi connectivity index (χ0v) is 26.5. The van der Waals surface area contributed by atoms with Gasteiger partial charge in [-0.1, -0.05) is 98.8 Å². The highest BCUT2D eigenvalue weighted by Crippen LogP contribution is 2.40. The molecule has 5 rings (SSSR count). The molecule has 1 unspecified atom stereocenters. The molecule has 45 heavy (non-hydrogen) atoms. The number of nitrogens with two attached hydrogens (primary N) is 1. The highest BCUT2D eigenvalue weighted by atomic mass is 16.2. The van der Waals surface area contributed by atoms with Crippen LogP contribution in [0.5, 0.6) is 0 Å². The predicted molar refractivity (Wildman–Crippen MR) is 177 cm³/mol. The van der Waals surface area contributed by atoms with E-state index in [1.165, 1.54) is 0 Å². The number of ketones is 1. The minimum Gasteiger partial charge on any atom is -0.369 e. The van der Waals surface area contributed by atoms with E-state index in [4.69, 9.17) is 5.73 Å². The van der Waals surface area contributed by atoms with Crippen LogP contribution in [0.4, 0.5) is 5.82 Å². The van der Waals surface area contributed by atoms with Crippen LogP contribution < -0.4 is 16.4 Å². The van der Waals surface area contributed by atoms with Gasteiger partial charge in [-0.3, -0.25) is 14.4 Å². The van der Waals surface area contributed by atoms with Gasteiger partial charge in [0, 0.05) is 12.3 Å². The van der Waals surface area contributed by atoms with Gasteiger partial charge in [0.2, 0.25) is 5.91 Å². The van der Waals surface area contributed by atoms with E-state index in [2.05, 4.69) is 48.6 Å². The van der Waals surface area contributed by atoms with E-state index in [9.17, 15) is 14.4 Å². The monoisotopic (exact) mass is 605 g/mol. The fourth-order valence-corrected chi connectivity index (χ4v) is 6.45. The molecule has 0 saturated heterocycles. The van der Waals surface area contributed by atoms with Crippen LogP contribution in [0.2, 0.25) is 0 Å². The maximum absolute atomic E-state index is 14.4. The first-order valence-corrected chi connectivity index (χ1v) is 15.8. The number of nitrogens with one attached hydrogen (secondary N) is 2. The number of Topliss-reactive ketones (excluding diaryl/α,β-unsaturated/α-hetero) is 1. The Bertz CT molecular complexity index is 1650. The van der Waals surface area contributed by atoms with Crippen LogP contribution in [0.3, 0.4) is 0 Å². The second-order valence-electron chi connectivity index (χ2n) is 12.6. The molecule has 2 heterocycles. The molecule has 4 N–H and O–H groups in total. The normalized spacial score (nSPS) is 17.3. The first-order valence-electron chi connectivity index (χ1n) is 15.8. The molecule has 1 aliphatic rings. The average Bonchev–Trinajstić information content (AvgIpc) is 3.49. The fourth-order valence-electron chi connectivity index (χ4n) is 6.45. The summed E-state index contributed by atoms with van der Waals surface area (Å²) >= 11 is 0. The number of fused-ring (bicyclic) bond motifs is 1. The summed E-state index contributed by atoms with van der Waals surface area (Å²) in [7, 11) is 0. The van der Waals surface area contributed by atoms with Crippen molar-refractivity contribution in [2.45, 2.75) is 76.9 Å². The Kier molecular flexibility index (Phi) is 9.23. The van der Waals surface area contributed by atoms with Gasteiger partial charge < -0.3 is 16.4 Å². The Morgan fingerprint density at radius 1 is 0.978 bits per heavy atom. The van der Waals surface area contributed by atoms with Crippen molar-refractivity contribution < 1.29 is 14.4 Å². The lowest BCUT2D eigenvalue weighted by Crippen LogP contribution is -2.52. The number of carbonyl (C=O) groups excluding carboxylic acids is 3. The van der Waals surface area contributed by atoms with Gasteiger partial charge in [0.05, 0.1) is 17.8 Å². The van der Waals surface area contributed by atoms with Gasteiger partial charge in [-0.05, 0) is 61.8 Å². The number of primary amides is 1. The summed E-state index contributed by atoms with van der Waals surface area (Å²) in [4.78, 5) is 41.3. The Morgan fingerprint density at radius 3 is 2.22 bits per heavy atom. The van der Waals surface area contributed by atoms with Crippen LogP contribution in [0.1, 0.15) is 85.6 Å². The quantitative estimate of drug-likeness (QED) is 0.181. The van der Waals surface area contributed by atoms with Crippen LogP contribution in [0.25, 0.3) is 0 Å². The number of carbonyl (C=O) groups is 3. The minimum atomic E-state index is -1.38. The van der Waals surface area contributed by atoms with E-state index in [-0.39, 0.29) is 30.2 Å². The Hall–Kier alpha value is -4.72. The van der Waals surface area contributed by atoms with Gasteiger partial charge in [0.1, 0.15) is 16.9 Å². The van der Waals surface area contributed by atoms with Gasteiger partial charge in [-0.15, -0.1) is 0 Å². The van der Waals surface area contributed by atoms with Crippen molar-refractivity contribution >= 4 is 23.4 Å². The van der Waals surface area contributed by atoms with Gasteiger partial charge in [-0.25, -0.2) is 4.68 Å². The molecule has 8 heteroatoms. The van der Waals surface area contributed by atoms with Crippen molar-refractivity contribution in [1.29, 1.82) is 0 Å².